The lowest BCUT2D eigenvalue weighted by molar-refractivity contribution is -0.110. The van der Waals surface area contributed by atoms with Crippen molar-refractivity contribution < 1.29 is 14.4 Å². The van der Waals surface area contributed by atoms with Crippen LogP contribution in [0.25, 0.3) is 11.5 Å². The number of carbonyl (C=O) groups excluding carboxylic acids is 1. The van der Waals surface area contributed by atoms with E-state index in [2.05, 4.69) is 30.6 Å². The standard InChI is InChI=1S/C18H16N6O3/c1-26-14-8-3-2-6-11(14)15-10-13(24-27-15)17(25)21-18-20-16(22-23-18)12-7-4-5-9-19-12/h2-9,15H,10H2,1H3,(H2,20,21,22,23,25). The van der Waals surface area contributed by atoms with E-state index in [1.807, 2.05) is 30.3 Å². The number of hydrogen-bond donors (Lipinski definition) is 2. The Kier molecular flexibility index (Phi) is 4.48. The molecule has 3 heterocycles. The highest BCUT2D eigenvalue weighted by atomic mass is 16.6. The number of hydrogen-bond acceptors (Lipinski definition) is 7. The van der Waals surface area contributed by atoms with Gasteiger partial charge in [-0.2, -0.15) is 0 Å². The van der Waals surface area contributed by atoms with E-state index in [0.717, 1.165) is 5.56 Å². The van der Waals surface area contributed by atoms with Gasteiger partial charge >= 0.3 is 0 Å². The van der Waals surface area contributed by atoms with Crippen LogP contribution in [0.4, 0.5) is 5.95 Å². The lowest BCUT2D eigenvalue weighted by Gasteiger charge is -2.12. The Morgan fingerprint density at radius 2 is 2.07 bits per heavy atom. The van der Waals surface area contributed by atoms with E-state index in [4.69, 9.17) is 9.57 Å². The summed E-state index contributed by atoms with van der Waals surface area (Å²) in [7, 11) is 1.59. The maximum Gasteiger partial charge on any atom is 0.275 e. The molecule has 1 amide bonds. The van der Waals surface area contributed by atoms with E-state index in [1.54, 1.807) is 25.4 Å². The number of nitrogens with zero attached hydrogens (tertiary/aromatic N) is 4. The molecule has 9 heteroatoms. The van der Waals surface area contributed by atoms with Crippen molar-refractivity contribution in [2.75, 3.05) is 12.4 Å². The highest BCUT2D eigenvalue weighted by molar-refractivity contribution is 6.43. The zero-order valence-corrected chi connectivity index (χ0v) is 14.4. The number of benzene rings is 1. The first-order valence-corrected chi connectivity index (χ1v) is 8.25. The van der Waals surface area contributed by atoms with Gasteiger partial charge in [0.25, 0.3) is 5.91 Å². The molecule has 0 aliphatic carbocycles. The second-order valence-electron chi connectivity index (χ2n) is 5.77. The summed E-state index contributed by atoms with van der Waals surface area (Å²) in [4.78, 5) is 24.9. The molecule has 1 aliphatic rings. The Morgan fingerprint density at radius 3 is 2.89 bits per heavy atom. The first-order valence-electron chi connectivity index (χ1n) is 8.25. The molecule has 136 valence electrons. The number of amides is 1. The van der Waals surface area contributed by atoms with Crippen LogP contribution in [0.3, 0.4) is 0 Å². The number of aromatic amines is 1. The van der Waals surface area contributed by atoms with Gasteiger partial charge in [-0.05, 0) is 18.2 Å². The number of para-hydroxylation sites is 1. The summed E-state index contributed by atoms with van der Waals surface area (Å²) in [5, 5.41) is 14.4. The van der Waals surface area contributed by atoms with Crippen molar-refractivity contribution in [2.45, 2.75) is 12.5 Å². The minimum absolute atomic E-state index is 0.212. The second-order valence-corrected chi connectivity index (χ2v) is 5.77. The molecule has 0 saturated heterocycles. The first kappa shape index (κ1) is 16.7. The van der Waals surface area contributed by atoms with Gasteiger partial charge in [-0.15, -0.1) is 10.2 Å². The SMILES string of the molecule is COc1ccccc1C1CC(C(=O)Nc2nnc(-c3ccccn3)[nH]2)=NO1. The largest absolute Gasteiger partial charge is 0.496 e. The fourth-order valence-corrected chi connectivity index (χ4v) is 2.73. The number of nitrogens with one attached hydrogen (secondary N) is 2. The molecule has 2 N–H and O–H groups in total. The van der Waals surface area contributed by atoms with Crippen LogP contribution in [0.1, 0.15) is 18.1 Å². The molecule has 1 aliphatic heterocycles. The summed E-state index contributed by atoms with van der Waals surface area (Å²) >= 11 is 0. The fraction of sp³-hybridized carbons (Fsp3) is 0.167. The van der Waals surface area contributed by atoms with E-state index in [0.29, 0.717) is 23.7 Å². The summed E-state index contributed by atoms with van der Waals surface area (Å²) < 4.78 is 5.33. The third-order valence-corrected chi connectivity index (χ3v) is 4.04. The minimum Gasteiger partial charge on any atom is -0.496 e. The van der Waals surface area contributed by atoms with E-state index in [9.17, 15) is 4.79 Å². The van der Waals surface area contributed by atoms with Gasteiger partial charge in [0.05, 0.1) is 7.11 Å². The predicted octanol–water partition coefficient (Wildman–Crippen LogP) is 2.33. The molecule has 1 atom stereocenters. The predicted molar refractivity (Wildman–Crippen MR) is 97.1 cm³/mol. The lowest BCUT2D eigenvalue weighted by Crippen LogP contribution is -2.22. The van der Waals surface area contributed by atoms with E-state index >= 15 is 0 Å². The molecule has 9 nitrogen and oxygen atoms in total. The Balaban J connectivity index is 1.42. The van der Waals surface area contributed by atoms with Crippen molar-refractivity contribution in [2.24, 2.45) is 5.16 Å². The molecular formula is C18H16N6O3. The number of H-pyrrole nitrogens is 1. The van der Waals surface area contributed by atoms with Crippen LogP contribution < -0.4 is 10.1 Å². The van der Waals surface area contributed by atoms with Gasteiger partial charge in [-0.1, -0.05) is 29.4 Å². The summed E-state index contributed by atoms with van der Waals surface area (Å²) in [5.41, 5.74) is 1.73. The molecule has 1 aromatic carbocycles. The van der Waals surface area contributed by atoms with Crippen molar-refractivity contribution >= 4 is 17.6 Å². The van der Waals surface area contributed by atoms with Crippen molar-refractivity contribution in [3.05, 3.63) is 54.2 Å². The Hall–Kier alpha value is -3.75. The number of anilines is 1. The molecular weight excluding hydrogens is 348 g/mol. The van der Waals surface area contributed by atoms with E-state index in [-0.39, 0.29) is 17.8 Å². The highest BCUT2D eigenvalue weighted by Crippen LogP contribution is 2.33. The number of aromatic nitrogens is 4. The third-order valence-electron chi connectivity index (χ3n) is 4.04. The first-order chi connectivity index (χ1) is 13.2. The normalized spacial score (nSPS) is 15.7. The van der Waals surface area contributed by atoms with Gasteiger partial charge in [-0.25, -0.2) is 0 Å². The van der Waals surface area contributed by atoms with Crippen LogP contribution in [0, 0.1) is 0 Å². The van der Waals surface area contributed by atoms with Crippen LogP contribution in [-0.2, 0) is 9.63 Å². The fourth-order valence-electron chi connectivity index (χ4n) is 2.73. The number of oxime groups is 1. The maximum absolute atomic E-state index is 12.4. The quantitative estimate of drug-likeness (QED) is 0.718. The number of rotatable bonds is 5. The second kappa shape index (κ2) is 7.24. The zero-order valence-electron chi connectivity index (χ0n) is 14.4. The number of ether oxygens (including phenoxy) is 1. The van der Waals surface area contributed by atoms with Gasteiger partial charge in [-0.3, -0.25) is 15.1 Å². The minimum atomic E-state index is -0.406. The van der Waals surface area contributed by atoms with Gasteiger partial charge in [0.2, 0.25) is 5.95 Å². The molecule has 27 heavy (non-hydrogen) atoms. The Labute approximate surface area is 154 Å². The summed E-state index contributed by atoms with van der Waals surface area (Å²) in [6.45, 7) is 0. The summed E-state index contributed by atoms with van der Waals surface area (Å²) in [6, 6.07) is 12.9. The van der Waals surface area contributed by atoms with Gasteiger partial charge in [0.15, 0.2) is 11.9 Å². The molecule has 3 aromatic rings. The van der Waals surface area contributed by atoms with E-state index < -0.39 is 5.91 Å². The molecule has 0 spiro atoms. The van der Waals surface area contributed by atoms with E-state index in [1.165, 1.54) is 0 Å². The van der Waals surface area contributed by atoms with Gasteiger partial charge in [0, 0.05) is 18.2 Å². The number of carbonyl (C=O) groups is 1. The topological polar surface area (TPSA) is 114 Å². The van der Waals surface area contributed by atoms with Crippen LogP contribution in [-0.4, -0.2) is 38.9 Å². The van der Waals surface area contributed by atoms with Crippen molar-refractivity contribution in [3.63, 3.8) is 0 Å². The van der Waals surface area contributed by atoms with Crippen LogP contribution in [0.15, 0.2) is 53.8 Å². The number of pyridine rings is 1. The van der Waals surface area contributed by atoms with Crippen molar-refractivity contribution in [1.29, 1.82) is 0 Å². The highest BCUT2D eigenvalue weighted by Gasteiger charge is 2.29. The Bertz CT molecular complexity index is 986. The van der Waals surface area contributed by atoms with Gasteiger partial charge < -0.3 is 14.6 Å². The zero-order chi connectivity index (χ0) is 18.6. The summed E-state index contributed by atoms with van der Waals surface area (Å²) in [6.07, 6.45) is 1.60. The molecule has 2 aromatic heterocycles. The molecule has 0 bridgehead atoms. The average Bonchev–Trinajstić information content (AvgIpc) is 3.38. The average molecular weight is 364 g/mol. The smallest absolute Gasteiger partial charge is 0.275 e. The molecule has 1 unspecified atom stereocenters. The summed E-state index contributed by atoms with van der Waals surface area (Å²) in [5.74, 6) is 0.956. The Morgan fingerprint density at radius 1 is 1.22 bits per heavy atom. The van der Waals surface area contributed by atoms with Gasteiger partial charge in [0.1, 0.15) is 17.2 Å². The van der Waals surface area contributed by atoms with Crippen LogP contribution >= 0.6 is 0 Å². The molecule has 0 saturated carbocycles. The molecule has 0 radical (unpaired) electrons. The third kappa shape index (κ3) is 3.47. The molecule has 0 fully saturated rings. The van der Waals surface area contributed by atoms with Crippen LogP contribution in [0.5, 0.6) is 5.75 Å². The number of methoxy groups -OCH3 is 1. The van der Waals surface area contributed by atoms with Crippen molar-refractivity contribution in [1.82, 2.24) is 20.2 Å². The molecule has 4 rings (SSSR count). The van der Waals surface area contributed by atoms with Crippen LogP contribution in [0.2, 0.25) is 0 Å². The monoisotopic (exact) mass is 364 g/mol. The van der Waals surface area contributed by atoms with Crippen molar-refractivity contribution in [3.8, 4) is 17.3 Å². The maximum atomic E-state index is 12.4. The lowest BCUT2D eigenvalue weighted by atomic mass is 10.0.